The number of aryl methyl sites for hydroxylation is 2. The molecule has 106 valence electrons. The Bertz CT molecular complexity index is 526. The molecule has 0 aromatic carbocycles. The number of aromatic nitrogens is 1. The standard InChI is InChI=1S/C16H22N4/c1-2-20(11-14-6-4-8-18-14)16-13(10-17)9-12-5-3-7-15(12)19-16/h9,14,18H,2-8,11H2,1H3. The van der Waals surface area contributed by atoms with Crippen LogP contribution in [0.5, 0.6) is 0 Å². The molecule has 1 aliphatic carbocycles. The van der Waals surface area contributed by atoms with Crippen LogP contribution in [-0.4, -0.2) is 30.7 Å². The molecule has 1 aromatic rings. The van der Waals surface area contributed by atoms with E-state index in [1.54, 1.807) is 0 Å². The highest BCUT2D eigenvalue weighted by Crippen LogP contribution is 2.27. The van der Waals surface area contributed by atoms with Crippen LogP contribution < -0.4 is 10.2 Å². The number of likely N-dealkylation sites (N-methyl/N-ethyl adjacent to an activating group) is 1. The summed E-state index contributed by atoms with van der Waals surface area (Å²) in [6.07, 6.45) is 5.79. The fraction of sp³-hybridized carbons (Fsp3) is 0.625. The molecular weight excluding hydrogens is 248 g/mol. The molecule has 0 saturated carbocycles. The molecular formula is C16H22N4. The van der Waals surface area contributed by atoms with Gasteiger partial charge in [-0.2, -0.15) is 5.26 Å². The summed E-state index contributed by atoms with van der Waals surface area (Å²) in [6.45, 7) is 5.12. The lowest BCUT2D eigenvalue weighted by atomic mass is 10.1. The zero-order chi connectivity index (χ0) is 13.9. The molecule has 1 fully saturated rings. The Balaban J connectivity index is 1.88. The van der Waals surface area contributed by atoms with Crippen molar-refractivity contribution in [3.05, 3.63) is 22.9 Å². The Hall–Kier alpha value is -1.60. The molecule has 0 spiro atoms. The molecule has 3 rings (SSSR count). The number of fused-ring (bicyclic) bond motifs is 1. The maximum atomic E-state index is 9.42. The van der Waals surface area contributed by atoms with Crippen LogP contribution in [0, 0.1) is 11.3 Å². The summed E-state index contributed by atoms with van der Waals surface area (Å²) < 4.78 is 0. The number of nitrogens with one attached hydrogen (secondary N) is 1. The van der Waals surface area contributed by atoms with E-state index in [4.69, 9.17) is 4.98 Å². The van der Waals surface area contributed by atoms with E-state index < -0.39 is 0 Å². The Morgan fingerprint density at radius 1 is 1.45 bits per heavy atom. The molecule has 0 amide bonds. The molecule has 1 aliphatic heterocycles. The normalized spacial score (nSPS) is 20.7. The van der Waals surface area contributed by atoms with E-state index in [1.165, 1.54) is 30.5 Å². The summed E-state index contributed by atoms with van der Waals surface area (Å²) >= 11 is 0. The van der Waals surface area contributed by atoms with Gasteiger partial charge in [-0.3, -0.25) is 0 Å². The highest BCUT2D eigenvalue weighted by molar-refractivity contribution is 5.57. The monoisotopic (exact) mass is 270 g/mol. The lowest BCUT2D eigenvalue weighted by molar-refractivity contribution is 0.583. The first-order chi connectivity index (χ1) is 9.81. The third kappa shape index (κ3) is 2.51. The average molecular weight is 270 g/mol. The molecule has 1 aromatic heterocycles. The lowest BCUT2D eigenvalue weighted by Crippen LogP contribution is -2.38. The molecule has 1 unspecified atom stereocenters. The van der Waals surface area contributed by atoms with Gasteiger partial charge in [-0.1, -0.05) is 0 Å². The minimum Gasteiger partial charge on any atom is -0.354 e. The summed E-state index contributed by atoms with van der Waals surface area (Å²) in [4.78, 5) is 7.08. The van der Waals surface area contributed by atoms with Crippen LogP contribution in [0.1, 0.15) is 43.0 Å². The Kier molecular flexibility index (Phi) is 3.88. The fourth-order valence-corrected chi connectivity index (χ4v) is 3.33. The maximum Gasteiger partial charge on any atom is 0.146 e. The number of nitriles is 1. The van der Waals surface area contributed by atoms with Gasteiger partial charge in [0, 0.05) is 24.8 Å². The van der Waals surface area contributed by atoms with E-state index in [0.717, 1.165) is 43.9 Å². The van der Waals surface area contributed by atoms with Crippen molar-refractivity contribution in [3.8, 4) is 6.07 Å². The smallest absolute Gasteiger partial charge is 0.146 e. The molecule has 1 atom stereocenters. The third-order valence-electron chi connectivity index (χ3n) is 4.44. The number of hydrogen-bond donors (Lipinski definition) is 1. The van der Waals surface area contributed by atoms with E-state index >= 15 is 0 Å². The first-order valence-corrected chi connectivity index (χ1v) is 7.73. The van der Waals surface area contributed by atoms with Crippen molar-refractivity contribution in [1.29, 1.82) is 5.26 Å². The van der Waals surface area contributed by atoms with Crippen molar-refractivity contribution in [2.45, 2.75) is 45.1 Å². The summed E-state index contributed by atoms with van der Waals surface area (Å²) in [5.74, 6) is 0.893. The quantitative estimate of drug-likeness (QED) is 0.909. The molecule has 2 aliphatic rings. The van der Waals surface area contributed by atoms with E-state index in [9.17, 15) is 5.26 Å². The Morgan fingerprint density at radius 2 is 2.35 bits per heavy atom. The zero-order valence-electron chi connectivity index (χ0n) is 12.2. The summed E-state index contributed by atoms with van der Waals surface area (Å²) in [7, 11) is 0. The van der Waals surface area contributed by atoms with Crippen molar-refractivity contribution in [2.24, 2.45) is 0 Å². The van der Waals surface area contributed by atoms with E-state index in [-0.39, 0.29) is 0 Å². The largest absolute Gasteiger partial charge is 0.354 e. The number of nitrogens with zero attached hydrogens (tertiary/aromatic N) is 3. The average Bonchev–Trinajstić information content (AvgIpc) is 3.14. The van der Waals surface area contributed by atoms with Crippen LogP contribution in [0.15, 0.2) is 6.07 Å². The highest BCUT2D eigenvalue weighted by atomic mass is 15.2. The predicted octanol–water partition coefficient (Wildman–Crippen LogP) is 2.02. The zero-order valence-corrected chi connectivity index (χ0v) is 12.2. The molecule has 20 heavy (non-hydrogen) atoms. The minimum absolute atomic E-state index is 0.538. The third-order valence-corrected chi connectivity index (χ3v) is 4.44. The first-order valence-electron chi connectivity index (χ1n) is 7.73. The van der Waals surface area contributed by atoms with Crippen molar-refractivity contribution in [2.75, 3.05) is 24.5 Å². The molecule has 1 saturated heterocycles. The van der Waals surface area contributed by atoms with Crippen LogP contribution in [0.25, 0.3) is 0 Å². The van der Waals surface area contributed by atoms with Gasteiger partial charge in [0.25, 0.3) is 0 Å². The van der Waals surface area contributed by atoms with Crippen LogP contribution in [0.4, 0.5) is 5.82 Å². The molecule has 1 N–H and O–H groups in total. The molecule has 4 heteroatoms. The first kappa shape index (κ1) is 13.4. The van der Waals surface area contributed by atoms with Gasteiger partial charge in [-0.05, 0) is 57.2 Å². The van der Waals surface area contributed by atoms with Crippen LogP contribution >= 0.6 is 0 Å². The number of rotatable bonds is 4. The highest BCUT2D eigenvalue weighted by Gasteiger charge is 2.22. The van der Waals surface area contributed by atoms with Gasteiger partial charge in [-0.25, -0.2) is 4.98 Å². The van der Waals surface area contributed by atoms with Gasteiger partial charge in [0.1, 0.15) is 11.9 Å². The number of hydrogen-bond acceptors (Lipinski definition) is 4. The van der Waals surface area contributed by atoms with E-state index in [1.807, 2.05) is 0 Å². The SMILES string of the molecule is CCN(CC1CCCN1)c1nc2c(cc1C#N)CCC2. The van der Waals surface area contributed by atoms with Crippen LogP contribution in [0.2, 0.25) is 0 Å². The van der Waals surface area contributed by atoms with Gasteiger partial charge >= 0.3 is 0 Å². The van der Waals surface area contributed by atoms with Crippen molar-refractivity contribution >= 4 is 5.82 Å². The van der Waals surface area contributed by atoms with Crippen molar-refractivity contribution < 1.29 is 0 Å². The molecule has 4 nitrogen and oxygen atoms in total. The maximum absolute atomic E-state index is 9.42. The Labute approximate surface area is 120 Å². The van der Waals surface area contributed by atoms with E-state index in [0.29, 0.717) is 6.04 Å². The van der Waals surface area contributed by atoms with Gasteiger partial charge < -0.3 is 10.2 Å². The Morgan fingerprint density at radius 3 is 3.05 bits per heavy atom. The molecule has 0 bridgehead atoms. The second-order valence-corrected chi connectivity index (χ2v) is 5.76. The van der Waals surface area contributed by atoms with Gasteiger partial charge in [0.15, 0.2) is 0 Å². The number of anilines is 1. The summed E-state index contributed by atoms with van der Waals surface area (Å²) in [5.41, 5.74) is 3.22. The number of pyridine rings is 1. The molecule has 2 heterocycles. The summed E-state index contributed by atoms with van der Waals surface area (Å²) in [5, 5.41) is 13.0. The van der Waals surface area contributed by atoms with Gasteiger partial charge in [-0.15, -0.1) is 0 Å². The predicted molar refractivity (Wildman–Crippen MR) is 79.9 cm³/mol. The summed E-state index contributed by atoms with van der Waals surface area (Å²) in [6, 6.07) is 4.94. The minimum atomic E-state index is 0.538. The second kappa shape index (κ2) is 5.80. The topological polar surface area (TPSA) is 52.0 Å². The van der Waals surface area contributed by atoms with E-state index in [2.05, 4.69) is 29.3 Å². The lowest BCUT2D eigenvalue weighted by Gasteiger charge is -2.26. The van der Waals surface area contributed by atoms with Crippen LogP contribution in [-0.2, 0) is 12.8 Å². The van der Waals surface area contributed by atoms with Crippen LogP contribution in [0.3, 0.4) is 0 Å². The fourth-order valence-electron chi connectivity index (χ4n) is 3.33. The second-order valence-electron chi connectivity index (χ2n) is 5.76. The molecule has 0 radical (unpaired) electrons. The van der Waals surface area contributed by atoms with Crippen molar-refractivity contribution in [1.82, 2.24) is 10.3 Å². The van der Waals surface area contributed by atoms with Gasteiger partial charge in [0.2, 0.25) is 0 Å². The van der Waals surface area contributed by atoms with Crippen molar-refractivity contribution in [3.63, 3.8) is 0 Å². The van der Waals surface area contributed by atoms with Gasteiger partial charge in [0.05, 0.1) is 5.56 Å².